The molecular formula is C25H25N9O3. The van der Waals surface area contributed by atoms with Gasteiger partial charge >= 0.3 is 5.97 Å². The van der Waals surface area contributed by atoms with E-state index in [0.29, 0.717) is 36.0 Å². The number of carboxylic acids is 1. The highest BCUT2D eigenvalue weighted by molar-refractivity contribution is 5.86. The summed E-state index contributed by atoms with van der Waals surface area (Å²) in [7, 11) is 0. The molecule has 12 nitrogen and oxygen atoms in total. The van der Waals surface area contributed by atoms with Gasteiger partial charge in [-0.2, -0.15) is 14.6 Å². The standard InChI is InChI=1S/C25H25N9O3/c1-2-16-4-3-5-19-21(16)29-30-34(19)24-22-23(33(15-26-22)14-20(36)37)27-25(28-24)32-12-10-31(11-13-32)17-6-8-18(35)9-7-17/h3-9,15,35H,2,10-14H2,1H3,(H,36,37). The number of aromatic nitrogens is 7. The number of carboxylic acid groups (broad SMARTS) is 1. The van der Waals surface area contributed by atoms with E-state index in [2.05, 4.69) is 32.0 Å². The molecule has 0 bridgehead atoms. The number of rotatable bonds is 6. The van der Waals surface area contributed by atoms with Gasteiger partial charge in [-0.3, -0.25) is 4.79 Å². The summed E-state index contributed by atoms with van der Waals surface area (Å²) >= 11 is 0. The monoisotopic (exact) mass is 499 g/mol. The average Bonchev–Trinajstić information content (AvgIpc) is 3.53. The fourth-order valence-electron chi connectivity index (χ4n) is 4.74. The first-order chi connectivity index (χ1) is 18.0. The number of aliphatic carboxylic acids is 1. The van der Waals surface area contributed by atoms with Crippen LogP contribution in [0.5, 0.6) is 5.75 Å². The molecule has 2 aromatic carbocycles. The molecule has 1 aliphatic heterocycles. The second-order valence-electron chi connectivity index (χ2n) is 8.92. The van der Waals surface area contributed by atoms with Crippen molar-refractivity contribution in [3.63, 3.8) is 0 Å². The zero-order valence-electron chi connectivity index (χ0n) is 20.2. The number of hydrogen-bond donors (Lipinski definition) is 2. The summed E-state index contributed by atoms with van der Waals surface area (Å²) < 4.78 is 3.17. The molecule has 6 rings (SSSR count). The minimum absolute atomic E-state index is 0.237. The molecule has 2 N–H and O–H groups in total. The van der Waals surface area contributed by atoms with Crippen molar-refractivity contribution in [3.8, 4) is 11.6 Å². The molecule has 0 spiro atoms. The van der Waals surface area contributed by atoms with E-state index in [4.69, 9.17) is 9.97 Å². The molecule has 3 aromatic heterocycles. The molecule has 5 aromatic rings. The van der Waals surface area contributed by atoms with Crippen molar-refractivity contribution >= 4 is 39.8 Å². The maximum atomic E-state index is 11.5. The third-order valence-electron chi connectivity index (χ3n) is 6.66. The minimum Gasteiger partial charge on any atom is -0.508 e. The van der Waals surface area contributed by atoms with Crippen LogP contribution in [-0.2, 0) is 17.8 Å². The number of phenols is 1. The van der Waals surface area contributed by atoms with Gasteiger partial charge in [0.2, 0.25) is 5.95 Å². The molecule has 0 amide bonds. The molecule has 0 atom stereocenters. The number of hydrogen-bond acceptors (Lipinski definition) is 9. The van der Waals surface area contributed by atoms with E-state index in [1.165, 1.54) is 10.9 Å². The zero-order chi connectivity index (χ0) is 25.5. The first-order valence-electron chi connectivity index (χ1n) is 12.1. The summed E-state index contributed by atoms with van der Waals surface area (Å²) in [6.07, 6.45) is 2.29. The van der Waals surface area contributed by atoms with Gasteiger partial charge in [0.15, 0.2) is 17.0 Å². The molecule has 12 heteroatoms. The summed E-state index contributed by atoms with van der Waals surface area (Å²) in [6.45, 7) is 4.61. The van der Waals surface area contributed by atoms with Crippen molar-refractivity contribution < 1.29 is 15.0 Å². The number of aromatic hydroxyl groups is 1. The molecule has 1 saturated heterocycles. The van der Waals surface area contributed by atoms with Gasteiger partial charge in [0.1, 0.15) is 17.8 Å². The fourth-order valence-corrected chi connectivity index (χ4v) is 4.74. The van der Waals surface area contributed by atoms with Crippen molar-refractivity contribution in [1.29, 1.82) is 0 Å². The van der Waals surface area contributed by atoms with Crippen LogP contribution in [0.25, 0.3) is 28.0 Å². The van der Waals surface area contributed by atoms with Crippen LogP contribution in [-0.4, -0.2) is 76.9 Å². The van der Waals surface area contributed by atoms with Crippen molar-refractivity contribution in [2.75, 3.05) is 36.0 Å². The number of phenolic OH excluding ortho intramolecular Hbond substituents is 1. The van der Waals surface area contributed by atoms with Gasteiger partial charge in [0, 0.05) is 31.9 Å². The topological polar surface area (TPSA) is 138 Å². The van der Waals surface area contributed by atoms with Crippen molar-refractivity contribution in [1.82, 2.24) is 34.5 Å². The Morgan fingerprint density at radius 2 is 1.73 bits per heavy atom. The van der Waals surface area contributed by atoms with E-state index in [1.54, 1.807) is 16.8 Å². The highest BCUT2D eigenvalue weighted by Gasteiger charge is 2.24. The van der Waals surface area contributed by atoms with Crippen molar-refractivity contribution in [3.05, 3.63) is 54.4 Å². The lowest BCUT2D eigenvalue weighted by atomic mass is 10.1. The predicted molar refractivity (Wildman–Crippen MR) is 137 cm³/mol. The van der Waals surface area contributed by atoms with E-state index in [0.717, 1.165) is 41.8 Å². The SMILES string of the molecule is CCc1cccc2c1nnn2-c1nc(N2CCN(c3ccc(O)cc3)CC2)nc2c1ncn2CC(=O)O. The van der Waals surface area contributed by atoms with E-state index in [9.17, 15) is 15.0 Å². The van der Waals surface area contributed by atoms with Crippen LogP contribution in [0.1, 0.15) is 12.5 Å². The number of nitrogens with zero attached hydrogens (tertiary/aromatic N) is 9. The van der Waals surface area contributed by atoms with Gasteiger partial charge in [-0.15, -0.1) is 5.10 Å². The number of imidazole rings is 1. The van der Waals surface area contributed by atoms with E-state index >= 15 is 0 Å². The maximum absolute atomic E-state index is 11.5. The number of benzene rings is 2. The lowest BCUT2D eigenvalue weighted by molar-refractivity contribution is -0.137. The zero-order valence-corrected chi connectivity index (χ0v) is 20.2. The molecule has 0 aliphatic carbocycles. The van der Waals surface area contributed by atoms with Crippen LogP contribution in [0.15, 0.2) is 48.8 Å². The highest BCUT2D eigenvalue weighted by atomic mass is 16.4. The van der Waals surface area contributed by atoms with Gasteiger partial charge in [-0.05, 0) is 42.3 Å². The molecule has 37 heavy (non-hydrogen) atoms. The third kappa shape index (κ3) is 4.05. The van der Waals surface area contributed by atoms with Crippen LogP contribution in [0, 0.1) is 0 Å². The minimum atomic E-state index is -0.984. The second-order valence-corrected chi connectivity index (χ2v) is 8.92. The van der Waals surface area contributed by atoms with Gasteiger partial charge in [-0.25, -0.2) is 4.98 Å². The lowest BCUT2D eigenvalue weighted by Gasteiger charge is -2.36. The summed E-state index contributed by atoms with van der Waals surface area (Å²) in [6, 6.07) is 13.1. The second kappa shape index (κ2) is 9.04. The Labute approximate surface area is 211 Å². The largest absolute Gasteiger partial charge is 0.508 e. The number of fused-ring (bicyclic) bond motifs is 2. The van der Waals surface area contributed by atoms with E-state index in [-0.39, 0.29) is 12.3 Å². The fraction of sp³-hybridized carbons (Fsp3) is 0.280. The summed E-state index contributed by atoms with van der Waals surface area (Å²) in [5, 5.41) is 27.8. The number of carbonyl (C=O) groups is 1. The van der Waals surface area contributed by atoms with Gasteiger partial charge in [-0.1, -0.05) is 24.3 Å². The molecule has 188 valence electrons. The summed E-state index contributed by atoms with van der Waals surface area (Å²) in [4.78, 5) is 29.9. The van der Waals surface area contributed by atoms with Crippen molar-refractivity contribution in [2.45, 2.75) is 19.9 Å². The summed E-state index contributed by atoms with van der Waals surface area (Å²) in [5.41, 5.74) is 4.60. The molecule has 1 aliphatic rings. The third-order valence-corrected chi connectivity index (χ3v) is 6.66. The summed E-state index contributed by atoms with van der Waals surface area (Å²) in [5.74, 6) is 0.194. The van der Waals surface area contributed by atoms with Crippen LogP contribution in [0.3, 0.4) is 0 Å². The van der Waals surface area contributed by atoms with Crippen LogP contribution >= 0.6 is 0 Å². The van der Waals surface area contributed by atoms with Gasteiger partial charge in [0.25, 0.3) is 0 Å². The lowest BCUT2D eigenvalue weighted by Crippen LogP contribution is -2.47. The smallest absolute Gasteiger partial charge is 0.323 e. The quantitative estimate of drug-likeness (QED) is 0.358. The molecule has 0 saturated carbocycles. The Bertz CT molecular complexity index is 1600. The highest BCUT2D eigenvalue weighted by Crippen LogP contribution is 2.27. The Morgan fingerprint density at radius 3 is 2.46 bits per heavy atom. The molecule has 4 heterocycles. The van der Waals surface area contributed by atoms with E-state index in [1.807, 2.05) is 30.3 Å². The molecule has 1 fully saturated rings. The Hall–Kier alpha value is -4.74. The number of aryl methyl sites for hydroxylation is 1. The average molecular weight is 500 g/mol. The van der Waals surface area contributed by atoms with Crippen LogP contribution in [0.4, 0.5) is 11.6 Å². The Morgan fingerprint density at radius 1 is 0.973 bits per heavy atom. The molecule has 0 unspecified atom stereocenters. The van der Waals surface area contributed by atoms with Crippen LogP contribution in [0.2, 0.25) is 0 Å². The van der Waals surface area contributed by atoms with Crippen LogP contribution < -0.4 is 9.80 Å². The molecule has 0 radical (unpaired) electrons. The van der Waals surface area contributed by atoms with Gasteiger partial charge < -0.3 is 24.6 Å². The number of anilines is 2. The predicted octanol–water partition coefficient (Wildman–Crippen LogP) is 2.24. The Balaban J connectivity index is 1.41. The first-order valence-corrected chi connectivity index (χ1v) is 12.1. The van der Waals surface area contributed by atoms with Gasteiger partial charge in [0.05, 0.1) is 11.8 Å². The number of piperazine rings is 1. The van der Waals surface area contributed by atoms with E-state index < -0.39 is 5.97 Å². The first kappa shape index (κ1) is 22.7. The molecular weight excluding hydrogens is 474 g/mol. The van der Waals surface area contributed by atoms with Crippen molar-refractivity contribution in [2.24, 2.45) is 0 Å². The Kier molecular flexibility index (Phi) is 5.55. The maximum Gasteiger partial charge on any atom is 0.323 e. The normalized spacial score (nSPS) is 14.1.